The zero-order chi connectivity index (χ0) is 12.6. The highest BCUT2D eigenvalue weighted by Crippen LogP contribution is 2.43. The Bertz CT molecular complexity index is 532. The fourth-order valence-electron chi connectivity index (χ4n) is 2.98. The first kappa shape index (κ1) is 11.9. The maximum Gasteiger partial charge on any atom is 0.0947 e. The van der Waals surface area contributed by atoms with Crippen molar-refractivity contribution in [1.29, 1.82) is 0 Å². The molecule has 0 bridgehead atoms. The molecule has 2 aromatic rings. The highest BCUT2D eigenvalue weighted by Gasteiger charge is 2.36. The van der Waals surface area contributed by atoms with Crippen LogP contribution in [0.15, 0.2) is 41.8 Å². The summed E-state index contributed by atoms with van der Waals surface area (Å²) in [5.74, 6) is 0.560. The average Bonchev–Trinajstić information content (AvgIpc) is 2.87. The highest BCUT2D eigenvalue weighted by molar-refractivity contribution is 7.09. The maximum atomic E-state index is 11.0. The third kappa shape index (κ3) is 2.00. The zero-order valence-corrected chi connectivity index (χ0v) is 11.4. The fourth-order valence-corrected chi connectivity index (χ4v) is 3.79. The van der Waals surface area contributed by atoms with Crippen molar-refractivity contribution in [3.05, 3.63) is 57.8 Å². The van der Waals surface area contributed by atoms with Crippen molar-refractivity contribution in [3.8, 4) is 0 Å². The van der Waals surface area contributed by atoms with Crippen molar-refractivity contribution < 1.29 is 5.11 Å². The third-order valence-electron chi connectivity index (χ3n) is 4.03. The van der Waals surface area contributed by atoms with Gasteiger partial charge in [0.05, 0.1) is 5.60 Å². The van der Waals surface area contributed by atoms with Crippen LogP contribution in [0, 0.1) is 0 Å². The van der Waals surface area contributed by atoms with Crippen LogP contribution in [0.4, 0.5) is 0 Å². The number of hydrogen-bond acceptors (Lipinski definition) is 2. The Morgan fingerprint density at radius 3 is 2.89 bits per heavy atom. The number of fused-ring (bicyclic) bond motifs is 1. The molecule has 0 fully saturated rings. The first-order valence-corrected chi connectivity index (χ1v) is 7.41. The van der Waals surface area contributed by atoms with Gasteiger partial charge in [0.25, 0.3) is 0 Å². The van der Waals surface area contributed by atoms with Gasteiger partial charge < -0.3 is 5.11 Å². The predicted molar refractivity (Wildman–Crippen MR) is 76.0 cm³/mol. The Hall–Kier alpha value is -1.12. The number of aliphatic hydroxyl groups is 1. The molecule has 1 aliphatic rings. The van der Waals surface area contributed by atoms with Crippen molar-refractivity contribution in [3.63, 3.8) is 0 Å². The van der Waals surface area contributed by atoms with Gasteiger partial charge >= 0.3 is 0 Å². The minimum Gasteiger partial charge on any atom is -0.385 e. The van der Waals surface area contributed by atoms with E-state index < -0.39 is 5.60 Å². The molecule has 1 heterocycles. The molecule has 2 heteroatoms. The van der Waals surface area contributed by atoms with Crippen LogP contribution >= 0.6 is 11.3 Å². The average molecular weight is 258 g/mol. The lowest BCUT2D eigenvalue weighted by atomic mass is 9.73. The van der Waals surface area contributed by atoms with E-state index in [9.17, 15) is 5.11 Å². The first-order chi connectivity index (χ1) is 8.69. The minimum absolute atomic E-state index is 0.560. The quantitative estimate of drug-likeness (QED) is 0.860. The molecular formula is C16H18OS. The van der Waals surface area contributed by atoms with Gasteiger partial charge in [-0.25, -0.2) is 0 Å². The molecule has 0 radical (unpaired) electrons. The van der Waals surface area contributed by atoms with Gasteiger partial charge in [-0.2, -0.15) is 0 Å². The van der Waals surface area contributed by atoms with Gasteiger partial charge in [0.2, 0.25) is 0 Å². The third-order valence-corrected chi connectivity index (χ3v) is 4.91. The topological polar surface area (TPSA) is 20.2 Å². The van der Waals surface area contributed by atoms with Crippen LogP contribution in [0.2, 0.25) is 0 Å². The number of hydrogen-bond donors (Lipinski definition) is 1. The van der Waals surface area contributed by atoms with Crippen molar-refractivity contribution in [1.82, 2.24) is 0 Å². The maximum absolute atomic E-state index is 11.0. The van der Waals surface area contributed by atoms with E-state index in [1.807, 2.05) is 6.07 Å². The van der Waals surface area contributed by atoms with Gasteiger partial charge in [0.1, 0.15) is 0 Å². The van der Waals surface area contributed by atoms with Crippen molar-refractivity contribution in [2.24, 2.45) is 0 Å². The molecule has 1 N–H and O–H groups in total. The molecule has 2 unspecified atom stereocenters. The number of rotatable bonds is 2. The number of thiophene rings is 1. The molecule has 3 rings (SSSR count). The van der Waals surface area contributed by atoms with Crippen molar-refractivity contribution >= 4 is 11.3 Å². The second kappa shape index (κ2) is 4.52. The van der Waals surface area contributed by atoms with Gasteiger partial charge in [-0.05, 0) is 41.3 Å². The largest absolute Gasteiger partial charge is 0.385 e. The molecule has 2 atom stereocenters. The first-order valence-electron chi connectivity index (χ1n) is 6.53. The molecule has 0 aliphatic heterocycles. The van der Waals surface area contributed by atoms with E-state index in [4.69, 9.17) is 0 Å². The molecular weight excluding hydrogens is 240 g/mol. The minimum atomic E-state index is -0.673. The van der Waals surface area contributed by atoms with Crippen LogP contribution < -0.4 is 0 Å². The Morgan fingerprint density at radius 1 is 1.28 bits per heavy atom. The fraction of sp³-hybridized carbons (Fsp3) is 0.375. The van der Waals surface area contributed by atoms with Crippen LogP contribution in [0.3, 0.4) is 0 Å². The summed E-state index contributed by atoms with van der Waals surface area (Å²) in [6.07, 6.45) is 2.68. The zero-order valence-electron chi connectivity index (χ0n) is 10.6. The molecule has 0 amide bonds. The molecule has 0 saturated heterocycles. The van der Waals surface area contributed by atoms with Crippen LogP contribution in [-0.4, -0.2) is 5.11 Å². The van der Waals surface area contributed by atoms with E-state index in [-0.39, 0.29) is 0 Å². The Balaban J connectivity index is 2.00. The smallest absolute Gasteiger partial charge is 0.0947 e. The van der Waals surface area contributed by atoms with Gasteiger partial charge in [-0.15, -0.1) is 11.3 Å². The summed E-state index contributed by atoms with van der Waals surface area (Å²) in [4.78, 5) is 1.27. The monoisotopic (exact) mass is 258 g/mol. The SMILES string of the molecule is CC1CCC(O)(Cc2cccs2)c2ccccc21. The lowest BCUT2D eigenvalue weighted by Gasteiger charge is -2.37. The van der Waals surface area contributed by atoms with Gasteiger partial charge in [-0.1, -0.05) is 37.3 Å². The Labute approximate surface area is 112 Å². The summed E-state index contributed by atoms with van der Waals surface area (Å²) >= 11 is 1.73. The van der Waals surface area contributed by atoms with E-state index in [0.717, 1.165) is 24.8 Å². The van der Waals surface area contributed by atoms with Gasteiger partial charge in [0.15, 0.2) is 0 Å². The Morgan fingerprint density at radius 2 is 2.11 bits per heavy atom. The summed E-state index contributed by atoms with van der Waals surface area (Å²) < 4.78 is 0. The molecule has 94 valence electrons. The Kier molecular flexibility index (Phi) is 3.00. The molecule has 1 nitrogen and oxygen atoms in total. The molecule has 1 aliphatic carbocycles. The van der Waals surface area contributed by atoms with Crippen molar-refractivity contribution in [2.75, 3.05) is 0 Å². The van der Waals surface area contributed by atoms with E-state index in [2.05, 4.69) is 42.6 Å². The lowest BCUT2D eigenvalue weighted by molar-refractivity contribution is 0.0167. The summed E-state index contributed by atoms with van der Waals surface area (Å²) in [6, 6.07) is 12.5. The lowest BCUT2D eigenvalue weighted by Crippen LogP contribution is -2.33. The van der Waals surface area contributed by atoms with Gasteiger partial charge in [-0.3, -0.25) is 0 Å². The molecule has 0 saturated carbocycles. The summed E-state index contributed by atoms with van der Waals surface area (Å²) in [6.45, 7) is 2.25. The van der Waals surface area contributed by atoms with Gasteiger partial charge in [0, 0.05) is 11.3 Å². The number of benzene rings is 1. The second-order valence-electron chi connectivity index (χ2n) is 5.31. The van der Waals surface area contributed by atoms with E-state index in [0.29, 0.717) is 5.92 Å². The summed E-state index contributed by atoms with van der Waals surface area (Å²) in [5.41, 5.74) is 1.79. The molecule has 18 heavy (non-hydrogen) atoms. The van der Waals surface area contributed by atoms with Crippen molar-refractivity contribution in [2.45, 2.75) is 37.7 Å². The molecule has 1 aromatic carbocycles. The van der Waals surface area contributed by atoms with Crippen LogP contribution in [0.5, 0.6) is 0 Å². The summed E-state index contributed by atoms with van der Waals surface area (Å²) in [7, 11) is 0. The van der Waals surface area contributed by atoms with E-state index in [1.165, 1.54) is 10.4 Å². The van der Waals surface area contributed by atoms with Crippen LogP contribution in [0.25, 0.3) is 0 Å². The van der Waals surface area contributed by atoms with Crippen LogP contribution in [-0.2, 0) is 12.0 Å². The molecule has 0 spiro atoms. The second-order valence-corrected chi connectivity index (χ2v) is 6.35. The highest BCUT2D eigenvalue weighted by atomic mass is 32.1. The van der Waals surface area contributed by atoms with E-state index in [1.54, 1.807) is 11.3 Å². The van der Waals surface area contributed by atoms with Crippen LogP contribution in [0.1, 0.15) is 41.7 Å². The summed E-state index contributed by atoms with van der Waals surface area (Å²) in [5, 5.41) is 13.1. The van der Waals surface area contributed by atoms with E-state index >= 15 is 0 Å². The molecule has 1 aromatic heterocycles. The predicted octanol–water partition coefficient (Wildman–Crippen LogP) is 4.08. The standard InChI is InChI=1S/C16H18OS/c1-12-8-9-16(17,11-13-5-4-10-18-13)15-7-3-2-6-14(12)15/h2-7,10,12,17H,8-9,11H2,1H3. The normalized spacial score (nSPS) is 26.9.